The number of rotatable bonds is 2. The number of carboxylic acids is 1. The van der Waals surface area contributed by atoms with Crippen LogP contribution in [-0.4, -0.2) is 39.5 Å². The molecule has 0 bridgehead atoms. The Morgan fingerprint density at radius 2 is 2.15 bits per heavy atom. The largest absolute Gasteiger partial charge is 0.480 e. The Hall–Kier alpha value is -1.33. The van der Waals surface area contributed by atoms with E-state index >= 15 is 0 Å². The zero-order valence-electron chi connectivity index (χ0n) is 10.8. The van der Waals surface area contributed by atoms with Crippen molar-refractivity contribution in [3.63, 3.8) is 0 Å². The summed E-state index contributed by atoms with van der Waals surface area (Å²) < 4.78 is 0. The van der Waals surface area contributed by atoms with Gasteiger partial charge in [0.2, 0.25) is 0 Å². The average molecular weight is 317 g/mol. The quantitative estimate of drug-likeness (QED) is 0.852. The number of nitrogens with zero attached hydrogens (tertiary/aromatic N) is 2. The predicted octanol–water partition coefficient (Wildman–Crippen LogP) is 2.71. The number of carbonyl (C=O) groups excluding carboxylic acids is 1. The monoisotopic (exact) mass is 316 g/mol. The molecule has 2 unspecified atom stereocenters. The van der Waals surface area contributed by atoms with Crippen molar-refractivity contribution in [3.05, 3.63) is 28.0 Å². The molecule has 1 amide bonds. The first-order valence-electron chi connectivity index (χ1n) is 6.26. The maximum absolute atomic E-state index is 12.4. The van der Waals surface area contributed by atoms with Gasteiger partial charge in [0.05, 0.1) is 10.6 Å². The number of carbonyl (C=O) groups is 2. The zero-order valence-corrected chi connectivity index (χ0v) is 12.4. The average Bonchev–Trinajstić information content (AvgIpc) is 2.40. The lowest BCUT2D eigenvalue weighted by Gasteiger charge is -2.37. The highest BCUT2D eigenvalue weighted by molar-refractivity contribution is 6.41. The van der Waals surface area contributed by atoms with Crippen LogP contribution in [0.25, 0.3) is 0 Å². The van der Waals surface area contributed by atoms with Crippen LogP contribution < -0.4 is 0 Å². The molecule has 108 valence electrons. The molecule has 0 radical (unpaired) electrons. The van der Waals surface area contributed by atoms with Crippen LogP contribution in [0.15, 0.2) is 12.3 Å². The van der Waals surface area contributed by atoms with Crippen LogP contribution in [0.2, 0.25) is 10.2 Å². The number of piperidine rings is 1. The van der Waals surface area contributed by atoms with Crippen molar-refractivity contribution in [3.8, 4) is 0 Å². The molecule has 1 aliphatic rings. The second-order valence-electron chi connectivity index (χ2n) is 4.90. The van der Waals surface area contributed by atoms with Crippen LogP contribution in [0.3, 0.4) is 0 Å². The maximum Gasteiger partial charge on any atom is 0.326 e. The molecule has 0 saturated carbocycles. The Labute approximate surface area is 126 Å². The van der Waals surface area contributed by atoms with Crippen molar-refractivity contribution in [2.45, 2.75) is 25.8 Å². The molecule has 2 rings (SSSR count). The third kappa shape index (κ3) is 2.88. The number of hydrogen-bond acceptors (Lipinski definition) is 3. The third-order valence-electron chi connectivity index (χ3n) is 3.49. The first-order valence-corrected chi connectivity index (χ1v) is 7.02. The van der Waals surface area contributed by atoms with Crippen molar-refractivity contribution < 1.29 is 14.7 Å². The molecule has 2 heterocycles. The summed E-state index contributed by atoms with van der Waals surface area (Å²) in [4.78, 5) is 29.0. The van der Waals surface area contributed by atoms with Crippen LogP contribution >= 0.6 is 23.2 Å². The molecule has 1 fully saturated rings. The summed E-state index contributed by atoms with van der Waals surface area (Å²) in [6, 6.07) is 0.600. The second-order valence-corrected chi connectivity index (χ2v) is 5.66. The minimum Gasteiger partial charge on any atom is -0.480 e. The van der Waals surface area contributed by atoms with E-state index in [0.717, 1.165) is 12.8 Å². The second kappa shape index (κ2) is 5.97. The first-order chi connectivity index (χ1) is 9.41. The number of aromatic nitrogens is 1. The molecule has 1 saturated heterocycles. The van der Waals surface area contributed by atoms with Gasteiger partial charge in [-0.2, -0.15) is 0 Å². The van der Waals surface area contributed by atoms with Crippen molar-refractivity contribution in [1.29, 1.82) is 0 Å². The van der Waals surface area contributed by atoms with Gasteiger partial charge in [-0.15, -0.1) is 0 Å². The highest BCUT2D eigenvalue weighted by Crippen LogP contribution is 2.26. The normalized spacial score (nSPS) is 22.6. The molecule has 1 aromatic rings. The summed E-state index contributed by atoms with van der Waals surface area (Å²) >= 11 is 11.6. The number of likely N-dealkylation sites (tertiary alicyclic amines) is 1. The maximum atomic E-state index is 12.4. The fraction of sp³-hybridized carbons (Fsp3) is 0.462. The molecule has 1 aliphatic heterocycles. The van der Waals surface area contributed by atoms with Crippen LogP contribution in [0.5, 0.6) is 0 Å². The minimum atomic E-state index is -0.987. The van der Waals surface area contributed by atoms with E-state index in [-0.39, 0.29) is 27.6 Å². The molecule has 1 aromatic heterocycles. The molecule has 7 heteroatoms. The van der Waals surface area contributed by atoms with Crippen LogP contribution in [0, 0.1) is 5.92 Å². The molecule has 5 nitrogen and oxygen atoms in total. The molecule has 0 spiro atoms. The van der Waals surface area contributed by atoms with Gasteiger partial charge in [0.15, 0.2) is 0 Å². The van der Waals surface area contributed by atoms with Gasteiger partial charge in [0, 0.05) is 12.7 Å². The summed E-state index contributed by atoms with van der Waals surface area (Å²) in [5, 5.41) is 9.61. The molecule has 2 atom stereocenters. The summed E-state index contributed by atoms with van der Waals surface area (Å²) in [6.07, 6.45) is 2.89. The number of carboxylic acid groups (broad SMARTS) is 1. The summed E-state index contributed by atoms with van der Waals surface area (Å²) in [5.74, 6) is -1.45. The van der Waals surface area contributed by atoms with Crippen molar-refractivity contribution in [1.82, 2.24) is 9.88 Å². The van der Waals surface area contributed by atoms with Crippen LogP contribution in [0.4, 0.5) is 0 Å². The Morgan fingerprint density at radius 1 is 1.45 bits per heavy atom. The van der Waals surface area contributed by atoms with Crippen molar-refractivity contribution in [2.24, 2.45) is 5.92 Å². The van der Waals surface area contributed by atoms with E-state index in [1.807, 2.05) is 6.92 Å². The smallest absolute Gasteiger partial charge is 0.326 e. The number of halogens is 2. The molecular weight excluding hydrogens is 303 g/mol. The van der Waals surface area contributed by atoms with E-state index in [9.17, 15) is 14.7 Å². The molecule has 20 heavy (non-hydrogen) atoms. The number of hydrogen-bond donors (Lipinski definition) is 1. The molecule has 0 aromatic carbocycles. The van der Waals surface area contributed by atoms with Gasteiger partial charge < -0.3 is 10.0 Å². The highest BCUT2D eigenvalue weighted by atomic mass is 35.5. The lowest BCUT2D eigenvalue weighted by Crippen LogP contribution is -2.51. The van der Waals surface area contributed by atoms with Crippen LogP contribution in [-0.2, 0) is 4.79 Å². The van der Waals surface area contributed by atoms with Gasteiger partial charge in [-0.05, 0) is 24.8 Å². The van der Waals surface area contributed by atoms with E-state index in [1.54, 1.807) is 0 Å². The van der Waals surface area contributed by atoms with Gasteiger partial charge in [0.25, 0.3) is 5.91 Å². The topological polar surface area (TPSA) is 70.5 Å². The summed E-state index contributed by atoms with van der Waals surface area (Å²) in [6.45, 7) is 2.26. The van der Waals surface area contributed by atoms with Gasteiger partial charge in [-0.1, -0.05) is 30.1 Å². The fourth-order valence-corrected chi connectivity index (χ4v) is 2.77. The third-order valence-corrected chi connectivity index (χ3v) is 4.18. The van der Waals surface area contributed by atoms with E-state index in [4.69, 9.17) is 23.2 Å². The SMILES string of the molecule is CC1CCCN(C(=O)c2cnc(Cl)c(Cl)c2)C1C(=O)O. The first kappa shape index (κ1) is 15.1. The van der Waals surface area contributed by atoms with Crippen molar-refractivity contribution >= 4 is 35.1 Å². The van der Waals surface area contributed by atoms with Gasteiger partial charge in [-0.25, -0.2) is 9.78 Å². The van der Waals surface area contributed by atoms with E-state index in [0.29, 0.717) is 6.54 Å². The van der Waals surface area contributed by atoms with E-state index in [1.165, 1.54) is 17.2 Å². The summed E-state index contributed by atoms with van der Waals surface area (Å²) in [7, 11) is 0. The highest BCUT2D eigenvalue weighted by Gasteiger charge is 2.37. The van der Waals surface area contributed by atoms with Crippen molar-refractivity contribution in [2.75, 3.05) is 6.54 Å². The van der Waals surface area contributed by atoms with E-state index in [2.05, 4.69) is 4.98 Å². The zero-order chi connectivity index (χ0) is 14.9. The van der Waals surface area contributed by atoms with Gasteiger partial charge in [0.1, 0.15) is 11.2 Å². The molecule has 1 N–H and O–H groups in total. The number of amides is 1. The van der Waals surface area contributed by atoms with Gasteiger partial charge in [-0.3, -0.25) is 4.79 Å². The molecule has 0 aliphatic carbocycles. The van der Waals surface area contributed by atoms with E-state index < -0.39 is 12.0 Å². The summed E-state index contributed by atoms with van der Waals surface area (Å²) in [5.41, 5.74) is 0.250. The predicted molar refractivity (Wildman–Crippen MR) is 75.1 cm³/mol. The lowest BCUT2D eigenvalue weighted by atomic mass is 9.90. The Bertz CT molecular complexity index is 550. The Kier molecular flexibility index (Phi) is 4.50. The fourth-order valence-electron chi connectivity index (χ4n) is 2.50. The number of aliphatic carboxylic acids is 1. The Balaban J connectivity index is 2.30. The lowest BCUT2D eigenvalue weighted by molar-refractivity contribution is -0.145. The van der Waals surface area contributed by atoms with Crippen LogP contribution in [0.1, 0.15) is 30.1 Å². The molecular formula is C13H14Cl2N2O3. The Morgan fingerprint density at radius 3 is 2.75 bits per heavy atom. The standard InChI is InChI=1S/C13H14Cl2N2O3/c1-7-3-2-4-17(10(7)13(19)20)12(18)8-5-9(14)11(15)16-6-8/h5-7,10H,2-4H2,1H3,(H,19,20). The number of pyridine rings is 1. The minimum absolute atomic E-state index is 0.0825. The van der Waals surface area contributed by atoms with Gasteiger partial charge >= 0.3 is 5.97 Å².